The Labute approximate surface area is 155 Å². The molecule has 0 aliphatic heterocycles. The molecule has 0 fully saturated rings. The number of hydrogen-bond donors (Lipinski definition) is 0. The third-order valence-electron chi connectivity index (χ3n) is 3.55. The quantitative estimate of drug-likeness (QED) is 0.479. The normalized spacial score (nSPS) is 10.2. The SMILES string of the molecule is COC(=O)c1ccc(C(=O)Oc2ccc(Sc3ccccc3)cc2)cc1. The van der Waals surface area contributed by atoms with Crippen molar-refractivity contribution in [3.63, 3.8) is 0 Å². The maximum atomic E-state index is 12.2. The zero-order valence-corrected chi connectivity index (χ0v) is 14.9. The predicted octanol–water partition coefficient (Wildman–Crippen LogP) is 4.84. The zero-order valence-electron chi connectivity index (χ0n) is 14.0. The number of hydrogen-bond acceptors (Lipinski definition) is 5. The Hall–Kier alpha value is -3.05. The van der Waals surface area contributed by atoms with Crippen LogP contribution in [0.15, 0.2) is 88.7 Å². The summed E-state index contributed by atoms with van der Waals surface area (Å²) >= 11 is 1.63. The number of rotatable bonds is 5. The molecular weight excluding hydrogens is 348 g/mol. The topological polar surface area (TPSA) is 52.6 Å². The van der Waals surface area contributed by atoms with Gasteiger partial charge in [-0.2, -0.15) is 0 Å². The molecule has 0 aliphatic carbocycles. The summed E-state index contributed by atoms with van der Waals surface area (Å²) in [6, 6.07) is 23.5. The molecule has 130 valence electrons. The van der Waals surface area contributed by atoms with Gasteiger partial charge in [0.05, 0.1) is 18.2 Å². The van der Waals surface area contributed by atoms with Gasteiger partial charge in [0.25, 0.3) is 0 Å². The lowest BCUT2D eigenvalue weighted by atomic mass is 10.1. The average molecular weight is 364 g/mol. The Kier molecular flexibility index (Phi) is 5.71. The summed E-state index contributed by atoms with van der Waals surface area (Å²) in [4.78, 5) is 25.8. The van der Waals surface area contributed by atoms with E-state index in [0.717, 1.165) is 9.79 Å². The molecule has 0 saturated heterocycles. The Morgan fingerprint density at radius 1 is 0.692 bits per heavy atom. The van der Waals surface area contributed by atoms with E-state index in [4.69, 9.17) is 4.74 Å². The first-order valence-electron chi connectivity index (χ1n) is 7.89. The molecule has 3 aromatic carbocycles. The molecule has 3 aromatic rings. The second-order valence-corrected chi connectivity index (χ2v) is 6.49. The highest BCUT2D eigenvalue weighted by molar-refractivity contribution is 7.99. The van der Waals surface area contributed by atoms with Gasteiger partial charge in [0.15, 0.2) is 0 Å². The largest absolute Gasteiger partial charge is 0.465 e. The minimum absolute atomic E-state index is 0.361. The lowest BCUT2D eigenvalue weighted by molar-refractivity contribution is 0.0599. The maximum absolute atomic E-state index is 12.2. The lowest BCUT2D eigenvalue weighted by Gasteiger charge is -2.06. The highest BCUT2D eigenvalue weighted by atomic mass is 32.2. The predicted molar refractivity (Wildman–Crippen MR) is 99.7 cm³/mol. The van der Waals surface area contributed by atoms with Crippen molar-refractivity contribution < 1.29 is 19.1 Å². The van der Waals surface area contributed by atoms with E-state index in [1.54, 1.807) is 23.9 Å². The van der Waals surface area contributed by atoms with Gasteiger partial charge in [-0.15, -0.1) is 0 Å². The monoisotopic (exact) mass is 364 g/mol. The second-order valence-electron chi connectivity index (χ2n) is 5.34. The number of esters is 2. The minimum atomic E-state index is -0.482. The van der Waals surface area contributed by atoms with Gasteiger partial charge in [-0.05, 0) is 60.7 Å². The van der Waals surface area contributed by atoms with Crippen LogP contribution in [-0.2, 0) is 4.74 Å². The van der Waals surface area contributed by atoms with Gasteiger partial charge in [-0.3, -0.25) is 0 Å². The summed E-state index contributed by atoms with van der Waals surface area (Å²) < 4.78 is 10.00. The first-order chi connectivity index (χ1) is 12.7. The van der Waals surface area contributed by atoms with E-state index < -0.39 is 11.9 Å². The zero-order chi connectivity index (χ0) is 18.4. The molecule has 0 aromatic heterocycles. The molecular formula is C21H16O4S. The van der Waals surface area contributed by atoms with E-state index in [2.05, 4.69) is 4.74 Å². The highest BCUT2D eigenvalue weighted by Gasteiger charge is 2.11. The van der Waals surface area contributed by atoms with Gasteiger partial charge in [0, 0.05) is 9.79 Å². The van der Waals surface area contributed by atoms with Crippen LogP contribution >= 0.6 is 11.8 Å². The fourth-order valence-corrected chi connectivity index (χ4v) is 3.06. The van der Waals surface area contributed by atoms with Gasteiger partial charge in [-0.1, -0.05) is 30.0 Å². The van der Waals surface area contributed by atoms with E-state index in [9.17, 15) is 9.59 Å². The summed E-state index contributed by atoms with van der Waals surface area (Å²) in [5, 5.41) is 0. The molecule has 0 bridgehead atoms. The lowest BCUT2D eigenvalue weighted by Crippen LogP contribution is -2.09. The van der Waals surface area contributed by atoms with E-state index in [1.807, 2.05) is 42.5 Å². The van der Waals surface area contributed by atoms with E-state index in [0.29, 0.717) is 16.9 Å². The third-order valence-corrected chi connectivity index (χ3v) is 4.57. The van der Waals surface area contributed by atoms with Crippen LogP contribution in [0.5, 0.6) is 5.75 Å². The van der Waals surface area contributed by atoms with Gasteiger partial charge < -0.3 is 9.47 Å². The molecule has 4 nitrogen and oxygen atoms in total. The van der Waals surface area contributed by atoms with E-state index in [-0.39, 0.29) is 0 Å². The molecule has 0 atom stereocenters. The van der Waals surface area contributed by atoms with Crippen LogP contribution in [-0.4, -0.2) is 19.0 Å². The van der Waals surface area contributed by atoms with Crippen molar-refractivity contribution in [2.24, 2.45) is 0 Å². The smallest absolute Gasteiger partial charge is 0.343 e. The molecule has 0 heterocycles. The summed E-state index contributed by atoms with van der Waals surface area (Å²) in [5.74, 6) is -0.467. The molecule has 0 radical (unpaired) electrons. The Balaban J connectivity index is 1.63. The molecule has 3 rings (SSSR count). The van der Waals surface area contributed by atoms with Crippen LogP contribution in [0.25, 0.3) is 0 Å². The van der Waals surface area contributed by atoms with Crippen molar-refractivity contribution >= 4 is 23.7 Å². The summed E-state index contributed by atoms with van der Waals surface area (Å²) in [7, 11) is 1.31. The number of ether oxygens (including phenoxy) is 2. The van der Waals surface area contributed by atoms with Crippen molar-refractivity contribution in [2.45, 2.75) is 9.79 Å². The summed E-state index contributed by atoms with van der Waals surface area (Å²) in [6.45, 7) is 0. The van der Waals surface area contributed by atoms with Crippen LogP contribution in [0.1, 0.15) is 20.7 Å². The Morgan fingerprint density at radius 3 is 1.81 bits per heavy atom. The maximum Gasteiger partial charge on any atom is 0.343 e. The fourth-order valence-electron chi connectivity index (χ4n) is 2.23. The average Bonchev–Trinajstić information content (AvgIpc) is 2.70. The number of methoxy groups -OCH3 is 1. The molecule has 5 heteroatoms. The number of carbonyl (C=O) groups is 2. The first-order valence-corrected chi connectivity index (χ1v) is 8.71. The Morgan fingerprint density at radius 2 is 1.23 bits per heavy atom. The molecule has 0 spiro atoms. The van der Waals surface area contributed by atoms with Gasteiger partial charge in [0.2, 0.25) is 0 Å². The van der Waals surface area contributed by atoms with Gasteiger partial charge in [-0.25, -0.2) is 9.59 Å². The summed E-state index contributed by atoms with van der Waals surface area (Å²) in [6.07, 6.45) is 0. The number of carbonyl (C=O) groups excluding carboxylic acids is 2. The van der Waals surface area contributed by atoms with Crippen LogP contribution in [0, 0.1) is 0 Å². The van der Waals surface area contributed by atoms with Gasteiger partial charge >= 0.3 is 11.9 Å². The van der Waals surface area contributed by atoms with E-state index >= 15 is 0 Å². The second kappa shape index (κ2) is 8.36. The van der Waals surface area contributed by atoms with Gasteiger partial charge in [0.1, 0.15) is 5.75 Å². The Bertz CT molecular complexity index is 888. The van der Waals surface area contributed by atoms with Crippen LogP contribution in [0.3, 0.4) is 0 Å². The van der Waals surface area contributed by atoms with Crippen molar-refractivity contribution in [2.75, 3.05) is 7.11 Å². The van der Waals surface area contributed by atoms with Crippen molar-refractivity contribution in [3.8, 4) is 5.75 Å². The first kappa shape index (κ1) is 17.8. The molecule has 0 saturated carbocycles. The van der Waals surface area contributed by atoms with Crippen molar-refractivity contribution in [1.82, 2.24) is 0 Å². The fraction of sp³-hybridized carbons (Fsp3) is 0.0476. The molecule has 0 unspecified atom stereocenters. The van der Waals surface area contributed by atoms with Crippen molar-refractivity contribution in [3.05, 3.63) is 90.0 Å². The number of benzene rings is 3. The minimum Gasteiger partial charge on any atom is -0.465 e. The summed E-state index contributed by atoms with van der Waals surface area (Å²) in [5.41, 5.74) is 0.742. The van der Waals surface area contributed by atoms with Crippen LogP contribution in [0.2, 0.25) is 0 Å². The molecule has 26 heavy (non-hydrogen) atoms. The third kappa shape index (κ3) is 4.52. The van der Waals surface area contributed by atoms with E-state index in [1.165, 1.54) is 31.4 Å². The molecule has 0 N–H and O–H groups in total. The molecule has 0 aliphatic rings. The van der Waals surface area contributed by atoms with Crippen molar-refractivity contribution in [1.29, 1.82) is 0 Å². The highest BCUT2D eigenvalue weighted by Crippen LogP contribution is 2.28. The van der Waals surface area contributed by atoms with Crippen LogP contribution in [0.4, 0.5) is 0 Å². The molecule has 0 amide bonds. The standard InChI is InChI=1S/C21H16O4S/c1-24-20(22)15-7-9-16(10-8-15)21(23)25-17-11-13-19(14-12-17)26-18-5-3-2-4-6-18/h2-14H,1H3. The van der Waals surface area contributed by atoms with Crippen LogP contribution < -0.4 is 4.74 Å².